The summed E-state index contributed by atoms with van der Waals surface area (Å²) in [5.74, 6) is -1.47. The number of benzene rings is 1. The first-order chi connectivity index (χ1) is 11.8. The largest absolute Gasteiger partial charge is 0.481 e. The van der Waals surface area contributed by atoms with Crippen LogP contribution in [0.25, 0.3) is 0 Å². The van der Waals surface area contributed by atoms with Crippen molar-refractivity contribution in [2.24, 2.45) is 16.7 Å². The third-order valence-electron chi connectivity index (χ3n) is 4.88. The van der Waals surface area contributed by atoms with Crippen LogP contribution in [0.5, 0.6) is 0 Å². The summed E-state index contributed by atoms with van der Waals surface area (Å²) in [6.45, 7) is 5.92. The lowest BCUT2D eigenvalue weighted by atomic mass is 9.59. The summed E-state index contributed by atoms with van der Waals surface area (Å²) < 4.78 is 38.3. The molecule has 144 valence electrons. The van der Waals surface area contributed by atoms with E-state index < -0.39 is 29.0 Å². The van der Waals surface area contributed by atoms with Crippen LogP contribution in [0, 0.1) is 16.7 Å². The number of hydrogen-bond acceptors (Lipinski definition) is 2. The molecule has 1 aromatic rings. The zero-order chi connectivity index (χ0) is 19.8. The number of halogens is 3. The Hall–Kier alpha value is -2.05. The van der Waals surface area contributed by atoms with Gasteiger partial charge in [-0.25, -0.2) is 0 Å². The number of anilines is 1. The summed E-state index contributed by atoms with van der Waals surface area (Å²) in [5, 5.41) is 12.2. The third kappa shape index (κ3) is 4.77. The van der Waals surface area contributed by atoms with E-state index >= 15 is 0 Å². The maximum atomic E-state index is 12.8. The summed E-state index contributed by atoms with van der Waals surface area (Å²) in [6, 6.07) is 4.32. The molecule has 1 aromatic carbocycles. The highest BCUT2D eigenvalue weighted by Gasteiger charge is 2.49. The molecule has 0 radical (unpaired) electrons. The van der Waals surface area contributed by atoms with Crippen molar-refractivity contribution in [3.63, 3.8) is 0 Å². The van der Waals surface area contributed by atoms with Crippen LogP contribution < -0.4 is 5.32 Å². The van der Waals surface area contributed by atoms with E-state index in [0.717, 1.165) is 18.6 Å². The summed E-state index contributed by atoms with van der Waals surface area (Å²) in [7, 11) is 0. The molecule has 26 heavy (non-hydrogen) atoms. The molecule has 1 aliphatic carbocycles. The minimum atomic E-state index is -4.51. The lowest BCUT2D eigenvalue weighted by Crippen LogP contribution is -2.44. The lowest BCUT2D eigenvalue weighted by molar-refractivity contribution is -0.157. The molecule has 7 heteroatoms. The van der Waals surface area contributed by atoms with Crippen LogP contribution >= 0.6 is 0 Å². The second kappa shape index (κ2) is 6.93. The Bertz CT molecular complexity index is 700. The molecule has 1 saturated carbocycles. The van der Waals surface area contributed by atoms with Gasteiger partial charge in [-0.15, -0.1) is 0 Å². The predicted molar refractivity (Wildman–Crippen MR) is 91.6 cm³/mol. The van der Waals surface area contributed by atoms with Crippen LogP contribution in [0.1, 0.15) is 52.0 Å². The second-order valence-electron chi connectivity index (χ2n) is 8.24. The van der Waals surface area contributed by atoms with Gasteiger partial charge in [-0.1, -0.05) is 26.8 Å². The maximum absolute atomic E-state index is 12.8. The van der Waals surface area contributed by atoms with Crippen molar-refractivity contribution in [1.29, 1.82) is 0 Å². The molecule has 0 aliphatic heterocycles. The Kier molecular flexibility index (Phi) is 5.40. The normalized spacial score (nSPS) is 25.5. The van der Waals surface area contributed by atoms with E-state index in [1.165, 1.54) is 12.1 Å². The molecule has 1 fully saturated rings. The molecule has 2 N–H and O–H groups in total. The van der Waals surface area contributed by atoms with Gasteiger partial charge in [-0.05, 0) is 48.8 Å². The quantitative estimate of drug-likeness (QED) is 0.787. The van der Waals surface area contributed by atoms with Gasteiger partial charge < -0.3 is 10.4 Å². The molecule has 4 nitrogen and oxygen atoms in total. The van der Waals surface area contributed by atoms with E-state index in [4.69, 9.17) is 0 Å². The molecule has 0 saturated heterocycles. The number of nitrogens with one attached hydrogen (secondary N) is 1. The third-order valence-corrected chi connectivity index (χ3v) is 4.88. The monoisotopic (exact) mass is 371 g/mol. The first-order valence-corrected chi connectivity index (χ1v) is 8.54. The zero-order valence-corrected chi connectivity index (χ0v) is 15.1. The van der Waals surface area contributed by atoms with Crippen LogP contribution in [0.2, 0.25) is 0 Å². The molecular formula is C19H24F3NO3. The van der Waals surface area contributed by atoms with Gasteiger partial charge in [0.15, 0.2) is 0 Å². The molecule has 0 spiro atoms. The molecule has 0 bridgehead atoms. The van der Waals surface area contributed by atoms with Crippen molar-refractivity contribution in [3.8, 4) is 0 Å². The van der Waals surface area contributed by atoms with E-state index in [1.807, 2.05) is 20.8 Å². The standard InChI is InChI=1S/C19H24F3NO3/c1-12-8-17(2,3)11-18(9-12,16(25)26)10-15(24)23-14-6-4-5-13(7-14)19(20,21)22/h4-7,12H,8-11H2,1-3H3,(H,23,24)(H,25,26)/t12-,18+/m1/s1. The van der Waals surface area contributed by atoms with Gasteiger partial charge in [-0.2, -0.15) is 13.2 Å². The van der Waals surface area contributed by atoms with Gasteiger partial charge in [0, 0.05) is 12.1 Å². The van der Waals surface area contributed by atoms with Gasteiger partial charge in [-0.3, -0.25) is 9.59 Å². The van der Waals surface area contributed by atoms with E-state index in [9.17, 15) is 27.9 Å². The smallest absolute Gasteiger partial charge is 0.416 e. The van der Waals surface area contributed by atoms with Gasteiger partial charge in [0.05, 0.1) is 11.0 Å². The van der Waals surface area contributed by atoms with Gasteiger partial charge >= 0.3 is 12.1 Å². The van der Waals surface area contributed by atoms with Gasteiger partial charge in [0.25, 0.3) is 0 Å². The zero-order valence-electron chi connectivity index (χ0n) is 15.1. The molecule has 0 heterocycles. The fourth-order valence-corrected chi connectivity index (χ4v) is 4.40. The Morgan fingerprint density at radius 2 is 1.92 bits per heavy atom. The molecule has 1 amide bonds. The number of hydrogen-bond donors (Lipinski definition) is 2. The fourth-order valence-electron chi connectivity index (χ4n) is 4.40. The number of carbonyl (C=O) groups is 2. The van der Waals surface area contributed by atoms with Crippen molar-refractivity contribution in [2.45, 2.75) is 52.6 Å². The average Bonchev–Trinajstić information content (AvgIpc) is 2.43. The first-order valence-electron chi connectivity index (χ1n) is 8.54. The van der Waals surface area contributed by atoms with Crippen molar-refractivity contribution < 1.29 is 27.9 Å². The van der Waals surface area contributed by atoms with Crippen LogP contribution in [0.3, 0.4) is 0 Å². The Morgan fingerprint density at radius 1 is 1.27 bits per heavy atom. The summed E-state index contributed by atoms with van der Waals surface area (Å²) >= 11 is 0. The Morgan fingerprint density at radius 3 is 2.46 bits per heavy atom. The van der Waals surface area contributed by atoms with Crippen LogP contribution in [-0.4, -0.2) is 17.0 Å². The number of carboxylic acid groups (broad SMARTS) is 1. The van der Waals surface area contributed by atoms with E-state index in [2.05, 4.69) is 5.32 Å². The number of aliphatic carboxylic acids is 1. The van der Waals surface area contributed by atoms with Crippen molar-refractivity contribution in [3.05, 3.63) is 29.8 Å². The van der Waals surface area contributed by atoms with E-state index in [1.54, 1.807) is 0 Å². The van der Waals surface area contributed by atoms with Crippen LogP contribution in [0.4, 0.5) is 18.9 Å². The van der Waals surface area contributed by atoms with E-state index in [-0.39, 0.29) is 23.4 Å². The minimum Gasteiger partial charge on any atom is -0.481 e. The van der Waals surface area contributed by atoms with Crippen LogP contribution in [0.15, 0.2) is 24.3 Å². The molecule has 1 aliphatic rings. The number of carbonyl (C=O) groups excluding carboxylic acids is 1. The predicted octanol–water partition coefficient (Wildman–Crippen LogP) is 4.95. The highest BCUT2D eigenvalue weighted by molar-refractivity contribution is 5.94. The summed E-state index contributed by atoms with van der Waals surface area (Å²) in [4.78, 5) is 24.4. The highest BCUT2D eigenvalue weighted by atomic mass is 19.4. The van der Waals surface area contributed by atoms with Crippen LogP contribution in [-0.2, 0) is 15.8 Å². The highest BCUT2D eigenvalue weighted by Crippen LogP contribution is 2.50. The number of amides is 1. The Balaban J connectivity index is 2.18. The molecule has 2 rings (SSSR count). The number of alkyl halides is 3. The average molecular weight is 371 g/mol. The molecule has 0 unspecified atom stereocenters. The lowest BCUT2D eigenvalue weighted by Gasteiger charge is -2.44. The molecule has 0 aromatic heterocycles. The SMILES string of the molecule is C[C@@H]1CC(C)(C)C[C@](CC(=O)Nc2cccc(C(F)(F)F)c2)(C(=O)O)C1. The van der Waals surface area contributed by atoms with Crippen molar-refractivity contribution >= 4 is 17.6 Å². The summed E-state index contributed by atoms with van der Waals surface area (Å²) in [6.07, 6.45) is -3.16. The van der Waals surface area contributed by atoms with E-state index in [0.29, 0.717) is 12.8 Å². The minimum absolute atomic E-state index is 0.00785. The Labute approximate surface area is 150 Å². The van der Waals surface area contributed by atoms with Crippen molar-refractivity contribution in [1.82, 2.24) is 0 Å². The van der Waals surface area contributed by atoms with Gasteiger partial charge in [0.2, 0.25) is 5.91 Å². The number of rotatable bonds is 4. The molecular weight excluding hydrogens is 347 g/mol. The first kappa shape index (κ1) is 20.3. The topological polar surface area (TPSA) is 66.4 Å². The molecule has 2 atom stereocenters. The maximum Gasteiger partial charge on any atom is 0.416 e. The fraction of sp³-hybridized carbons (Fsp3) is 0.579. The van der Waals surface area contributed by atoms with Gasteiger partial charge in [0.1, 0.15) is 0 Å². The van der Waals surface area contributed by atoms with Crippen molar-refractivity contribution in [2.75, 3.05) is 5.32 Å². The summed E-state index contributed by atoms with van der Waals surface area (Å²) in [5.41, 5.74) is -2.27. The number of carboxylic acids is 1. The second-order valence-corrected chi connectivity index (χ2v) is 8.24.